The van der Waals surface area contributed by atoms with Crippen LogP contribution >= 0.6 is 0 Å². The van der Waals surface area contributed by atoms with Crippen LogP contribution in [-0.2, 0) is 0 Å². The summed E-state index contributed by atoms with van der Waals surface area (Å²) in [6.45, 7) is 0. The minimum Gasteiger partial charge on any atom is -0.497 e. The molecule has 0 atom stereocenters. The first-order chi connectivity index (χ1) is 5.24. The van der Waals surface area contributed by atoms with E-state index in [9.17, 15) is 10.1 Å². The highest BCUT2D eigenvalue weighted by molar-refractivity contribution is 5.34. The molecule has 0 amide bonds. The van der Waals surface area contributed by atoms with E-state index < -0.39 is 4.92 Å². The standard InChI is InChI=1S/C7H6NO3/c1-11-7-4-2-6(3-5-7)8(9)10/h2,4-5H,1H3. The van der Waals surface area contributed by atoms with E-state index in [2.05, 4.69) is 6.07 Å². The first kappa shape index (κ1) is 7.53. The fourth-order valence-corrected chi connectivity index (χ4v) is 0.643. The predicted molar refractivity (Wildman–Crippen MR) is 38.5 cm³/mol. The summed E-state index contributed by atoms with van der Waals surface area (Å²) >= 11 is 0. The third-order valence-electron chi connectivity index (χ3n) is 1.20. The number of hydrogen-bond acceptors (Lipinski definition) is 3. The molecule has 0 aliphatic heterocycles. The van der Waals surface area contributed by atoms with Gasteiger partial charge in [0.2, 0.25) is 0 Å². The minimum atomic E-state index is -0.501. The maximum Gasteiger partial charge on any atom is 0.277 e. The maximum absolute atomic E-state index is 10.1. The Morgan fingerprint density at radius 2 is 2.36 bits per heavy atom. The number of hydrogen-bond donors (Lipinski definition) is 0. The molecule has 1 rings (SSSR count). The molecule has 57 valence electrons. The van der Waals surface area contributed by atoms with Gasteiger partial charge in [0, 0.05) is 6.07 Å². The Bertz CT molecular complexity index is 255. The zero-order chi connectivity index (χ0) is 8.27. The smallest absolute Gasteiger partial charge is 0.277 e. The zero-order valence-corrected chi connectivity index (χ0v) is 5.90. The summed E-state index contributed by atoms with van der Waals surface area (Å²) in [6.07, 6.45) is 0. The lowest BCUT2D eigenvalue weighted by Crippen LogP contribution is -1.88. The van der Waals surface area contributed by atoms with Crippen molar-refractivity contribution in [2.24, 2.45) is 0 Å². The van der Waals surface area contributed by atoms with Gasteiger partial charge in [-0.2, -0.15) is 0 Å². The molecule has 0 heterocycles. The highest BCUT2D eigenvalue weighted by atomic mass is 16.6. The molecular formula is C7H6NO3. The van der Waals surface area contributed by atoms with Crippen LogP contribution < -0.4 is 4.74 Å². The van der Waals surface area contributed by atoms with Crippen molar-refractivity contribution in [2.75, 3.05) is 7.11 Å². The highest BCUT2D eigenvalue weighted by Gasteiger charge is 2.03. The van der Waals surface area contributed by atoms with Gasteiger partial charge in [-0.05, 0) is 12.1 Å². The fraction of sp³-hybridized carbons (Fsp3) is 0.143. The van der Waals surface area contributed by atoms with Gasteiger partial charge in [0.1, 0.15) is 5.75 Å². The molecule has 0 aliphatic rings. The molecular weight excluding hydrogens is 146 g/mol. The van der Waals surface area contributed by atoms with Gasteiger partial charge in [-0.15, -0.1) is 0 Å². The lowest BCUT2D eigenvalue weighted by molar-refractivity contribution is -0.385. The van der Waals surface area contributed by atoms with E-state index in [1.165, 1.54) is 25.3 Å². The Kier molecular flexibility index (Phi) is 2.06. The van der Waals surface area contributed by atoms with Crippen LogP contribution in [0.1, 0.15) is 0 Å². The first-order valence-corrected chi connectivity index (χ1v) is 2.94. The van der Waals surface area contributed by atoms with Crippen molar-refractivity contribution in [2.45, 2.75) is 0 Å². The van der Waals surface area contributed by atoms with Gasteiger partial charge in [-0.25, -0.2) is 0 Å². The van der Waals surface area contributed by atoms with E-state index in [4.69, 9.17) is 4.74 Å². The summed E-state index contributed by atoms with van der Waals surface area (Å²) in [6, 6.07) is 6.76. The van der Waals surface area contributed by atoms with Crippen molar-refractivity contribution >= 4 is 5.69 Å². The molecule has 0 spiro atoms. The third-order valence-corrected chi connectivity index (χ3v) is 1.20. The van der Waals surface area contributed by atoms with Gasteiger partial charge >= 0.3 is 0 Å². The van der Waals surface area contributed by atoms with Crippen molar-refractivity contribution in [3.63, 3.8) is 0 Å². The van der Waals surface area contributed by atoms with E-state index in [-0.39, 0.29) is 5.69 Å². The molecule has 11 heavy (non-hydrogen) atoms. The van der Waals surface area contributed by atoms with Crippen molar-refractivity contribution < 1.29 is 9.66 Å². The third kappa shape index (κ3) is 1.67. The van der Waals surface area contributed by atoms with Gasteiger partial charge in [0.15, 0.2) is 0 Å². The molecule has 1 aromatic carbocycles. The van der Waals surface area contributed by atoms with E-state index in [0.29, 0.717) is 5.75 Å². The number of methoxy groups -OCH3 is 1. The summed E-state index contributed by atoms with van der Waals surface area (Å²) in [5, 5.41) is 10.1. The van der Waals surface area contributed by atoms with Crippen molar-refractivity contribution in [1.82, 2.24) is 0 Å². The molecule has 0 unspecified atom stereocenters. The minimum absolute atomic E-state index is 0.0502. The van der Waals surface area contributed by atoms with Crippen molar-refractivity contribution in [3.05, 3.63) is 34.4 Å². The molecule has 4 heteroatoms. The second kappa shape index (κ2) is 3.01. The van der Waals surface area contributed by atoms with Crippen LogP contribution in [0.4, 0.5) is 5.69 Å². The van der Waals surface area contributed by atoms with E-state index >= 15 is 0 Å². The average Bonchev–Trinajstić information content (AvgIpc) is 2.05. The first-order valence-electron chi connectivity index (χ1n) is 2.94. The summed E-state index contributed by atoms with van der Waals surface area (Å²) in [7, 11) is 1.50. The normalized spacial score (nSPS) is 9.18. The predicted octanol–water partition coefficient (Wildman–Crippen LogP) is 1.40. The van der Waals surface area contributed by atoms with Crippen LogP contribution in [0.2, 0.25) is 0 Å². The number of nitro benzene ring substituents is 1. The topological polar surface area (TPSA) is 52.4 Å². The van der Waals surface area contributed by atoms with Crippen LogP contribution in [0.5, 0.6) is 5.75 Å². The Labute approximate surface area is 63.6 Å². The van der Waals surface area contributed by atoms with Crippen LogP contribution in [0.15, 0.2) is 18.2 Å². The molecule has 0 saturated heterocycles. The largest absolute Gasteiger partial charge is 0.497 e. The monoisotopic (exact) mass is 152 g/mol. The number of nitro groups is 1. The van der Waals surface area contributed by atoms with Gasteiger partial charge in [-0.3, -0.25) is 10.1 Å². The fourth-order valence-electron chi connectivity index (χ4n) is 0.643. The number of nitrogens with zero attached hydrogens (tertiary/aromatic N) is 1. The van der Waals surface area contributed by atoms with Crippen LogP contribution in [-0.4, -0.2) is 12.0 Å². The van der Waals surface area contributed by atoms with Crippen LogP contribution in [0, 0.1) is 16.2 Å². The van der Waals surface area contributed by atoms with E-state index in [1.54, 1.807) is 0 Å². The second-order valence-electron chi connectivity index (χ2n) is 1.87. The summed E-state index contributed by atoms with van der Waals surface area (Å²) in [5.41, 5.74) is -0.0502. The lowest BCUT2D eigenvalue weighted by atomic mass is 10.3. The Balaban J connectivity index is 2.91. The molecule has 4 nitrogen and oxygen atoms in total. The Hall–Kier alpha value is -1.58. The number of ether oxygens (including phenoxy) is 1. The maximum atomic E-state index is 10.1. The molecule has 1 aromatic rings. The second-order valence-corrected chi connectivity index (χ2v) is 1.87. The molecule has 0 bridgehead atoms. The van der Waals surface area contributed by atoms with Gasteiger partial charge in [-0.1, -0.05) is 0 Å². The zero-order valence-electron chi connectivity index (χ0n) is 5.90. The average molecular weight is 152 g/mol. The van der Waals surface area contributed by atoms with Gasteiger partial charge in [0.05, 0.1) is 18.1 Å². The van der Waals surface area contributed by atoms with Crippen molar-refractivity contribution in [1.29, 1.82) is 0 Å². The highest BCUT2D eigenvalue weighted by Crippen LogP contribution is 2.15. The van der Waals surface area contributed by atoms with Crippen LogP contribution in [0.3, 0.4) is 0 Å². The number of non-ortho nitro benzene ring substituents is 1. The van der Waals surface area contributed by atoms with Crippen LogP contribution in [0.25, 0.3) is 0 Å². The molecule has 0 aromatic heterocycles. The molecule has 0 fully saturated rings. The molecule has 0 N–H and O–H groups in total. The van der Waals surface area contributed by atoms with Gasteiger partial charge < -0.3 is 4.74 Å². The molecule has 0 saturated carbocycles. The summed E-state index contributed by atoms with van der Waals surface area (Å²) in [5.74, 6) is 0.565. The summed E-state index contributed by atoms with van der Waals surface area (Å²) in [4.78, 5) is 9.63. The summed E-state index contributed by atoms with van der Waals surface area (Å²) < 4.78 is 4.80. The SMILES string of the molecule is COc1c[c]c([N+](=O)[O-])cc1. The van der Waals surface area contributed by atoms with E-state index in [1.807, 2.05) is 0 Å². The van der Waals surface area contributed by atoms with Crippen molar-refractivity contribution in [3.8, 4) is 5.75 Å². The number of benzene rings is 1. The molecule has 1 radical (unpaired) electrons. The quantitative estimate of drug-likeness (QED) is 0.475. The van der Waals surface area contributed by atoms with E-state index in [0.717, 1.165) is 0 Å². The Morgan fingerprint density at radius 3 is 2.73 bits per heavy atom. The van der Waals surface area contributed by atoms with Gasteiger partial charge in [0.25, 0.3) is 5.69 Å². The number of rotatable bonds is 2. The Morgan fingerprint density at radius 1 is 1.64 bits per heavy atom. The molecule has 0 aliphatic carbocycles. The lowest BCUT2D eigenvalue weighted by Gasteiger charge is -1.95.